The standard InChI is InChI=1S/C14H11BrClN3OS/c1-20-12-5-2-8(6-9(12)15)7-17-13-10(16)3-4-11-14(13)19-21-18-11/h2-6,17H,7H2,1H3. The summed E-state index contributed by atoms with van der Waals surface area (Å²) in [6.07, 6.45) is 0. The van der Waals surface area contributed by atoms with Crippen molar-refractivity contribution in [2.24, 2.45) is 0 Å². The number of benzene rings is 2. The molecule has 7 heteroatoms. The molecule has 2 aromatic carbocycles. The molecular weight excluding hydrogens is 374 g/mol. The van der Waals surface area contributed by atoms with Crippen LogP contribution in [-0.2, 0) is 6.54 Å². The minimum atomic E-state index is 0.638. The quantitative estimate of drug-likeness (QED) is 0.706. The molecule has 1 aromatic heterocycles. The molecule has 0 saturated heterocycles. The lowest BCUT2D eigenvalue weighted by Gasteiger charge is -2.10. The molecule has 1 N–H and O–H groups in total. The van der Waals surface area contributed by atoms with Crippen molar-refractivity contribution in [2.75, 3.05) is 12.4 Å². The Morgan fingerprint density at radius 2 is 2.14 bits per heavy atom. The summed E-state index contributed by atoms with van der Waals surface area (Å²) in [7, 11) is 1.65. The predicted molar refractivity (Wildman–Crippen MR) is 90.4 cm³/mol. The second kappa shape index (κ2) is 6.17. The first kappa shape index (κ1) is 14.6. The monoisotopic (exact) mass is 383 g/mol. The van der Waals surface area contributed by atoms with E-state index < -0.39 is 0 Å². The summed E-state index contributed by atoms with van der Waals surface area (Å²) >= 11 is 10.9. The first-order valence-electron chi connectivity index (χ1n) is 6.16. The van der Waals surface area contributed by atoms with E-state index in [0.717, 1.165) is 32.5 Å². The maximum absolute atomic E-state index is 6.25. The highest BCUT2D eigenvalue weighted by atomic mass is 79.9. The molecule has 0 spiro atoms. The minimum absolute atomic E-state index is 0.638. The average Bonchev–Trinajstić information content (AvgIpc) is 2.95. The van der Waals surface area contributed by atoms with Crippen LogP contribution in [-0.4, -0.2) is 15.9 Å². The smallest absolute Gasteiger partial charge is 0.133 e. The van der Waals surface area contributed by atoms with Crippen molar-refractivity contribution in [3.8, 4) is 5.75 Å². The summed E-state index contributed by atoms with van der Waals surface area (Å²) in [5, 5.41) is 3.98. The number of aromatic nitrogens is 2. The van der Waals surface area contributed by atoms with E-state index in [0.29, 0.717) is 11.6 Å². The lowest BCUT2D eigenvalue weighted by molar-refractivity contribution is 0.412. The highest BCUT2D eigenvalue weighted by Crippen LogP contribution is 2.31. The van der Waals surface area contributed by atoms with Crippen LogP contribution in [0.15, 0.2) is 34.8 Å². The van der Waals surface area contributed by atoms with Crippen molar-refractivity contribution in [1.29, 1.82) is 0 Å². The fourth-order valence-corrected chi connectivity index (χ4v) is 3.36. The number of nitrogens with one attached hydrogen (secondary N) is 1. The van der Waals surface area contributed by atoms with Gasteiger partial charge in [-0.25, -0.2) is 0 Å². The average molecular weight is 385 g/mol. The molecule has 3 rings (SSSR count). The molecule has 3 aromatic rings. The Kier molecular flexibility index (Phi) is 4.28. The van der Waals surface area contributed by atoms with Gasteiger partial charge in [-0.15, -0.1) is 0 Å². The number of ether oxygens (including phenoxy) is 1. The topological polar surface area (TPSA) is 47.0 Å². The van der Waals surface area contributed by atoms with Crippen LogP contribution in [0, 0.1) is 0 Å². The summed E-state index contributed by atoms with van der Waals surface area (Å²) < 4.78 is 14.7. The Balaban J connectivity index is 1.85. The third-order valence-corrected chi connectivity index (χ3v) is 4.54. The van der Waals surface area contributed by atoms with Gasteiger partial charge in [0.05, 0.1) is 34.0 Å². The maximum Gasteiger partial charge on any atom is 0.133 e. The first-order valence-corrected chi connectivity index (χ1v) is 8.06. The van der Waals surface area contributed by atoms with Crippen LogP contribution in [0.3, 0.4) is 0 Å². The van der Waals surface area contributed by atoms with Crippen LogP contribution in [0.2, 0.25) is 5.02 Å². The van der Waals surface area contributed by atoms with Gasteiger partial charge in [0, 0.05) is 6.54 Å². The van der Waals surface area contributed by atoms with Crippen LogP contribution < -0.4 is 10.1 Å². The van der Waals surface area contributed by atoms with Crippen LogP contribution in [0.5, 0.6) is 5.75 Å². The van der Waals surface area contributed by atoms with Crippen molar-refractivity contribution in [3.63, 3.8) is 0 Å². The summed E-state index contributed by atoms with van der Waals surface area (Å²) in [4.78, 5) is 0. The fraction of sp³-hybridized carbons (Fsp3) is 0.143. The van der Waals surface area contributed by atoms with E-state index in [1.54, 1.807) is 7.11 Å². The number of methoxy groups -OCH3 is 1. The summed E-state index contributed by atoms with van der Waals surface area (Å²) in [6.45, 7) is 0.638. The van der Waals surface area contributed by atoms with Crippen molar-refractivity contribution < 1.29 is 4.74 Å². The number of rotatable bonds is 4. The first-order chi connectivity index (χ1) is 10.2. The molecule has 0 aliphatic heterocycles. The Morgan fingerprint density at radius 1 is 1.29 bits per heavy atom. The highest BCUT2D eigenvalue weighted by molar-refractivity contribution is 9.10. The number of halogens is 2. The summed E-state index contributed by atoms with van der Waals surface area (Å²) in [6, 6.07) is 9.64. The summed E-state index contributed by atoms with van der Waals surface area (Å²) in [5.74, 6) is 0.808. The lowest BCUT2D eigenvalue weighted by atomic mass is 10.2. The number of anilines is 1. The zero-order valence-corrected chi connectivity index (χ0v) is 14.2. The van der Waals surface area contributed by atoms with Crippen LogP contribution in [0.25, 0.3) is 11.0 Å². The molecule has 0 saturated carbocycles. The number of hydrogen-bond acceptors (Lipinski definition) is 5. The Morgan fingerprint density at radius 3 is 2.90 bits per heavy atom. The minimum Gasteiger partial charge on any atom is -0.496 e. The molecule has 0 aliphatic carbocycles. The Hall–Kier alpha value is -1.37. The maximum atomic E-state index is 6.25. The van der Waals surface area contributed by atoms with Crippen molar-refractivity contribution in [1.82, 2.24) is 8.75 Å². The molecule has 0 fully saturated rings. The van der Waals surface area contributed by atoms with E-state index in [1.165, 1.54) is 11.7 Å². The van der Waals surface area contributed by atoms with E-state index in [9.17, 15) is 0 Å². The van der Waals surface area contributed by atoms with E-state index in [2.05, 4.69) is 30.0 Å². The molecular formula is C14H11BrClN3OS. The SMILES string of the molecule is COc1ccc(CNc2c(Cl)ccc3nsnc23)cc1Br. The molecule has 0 aliphatic rings. The van der Waals surface area contributed by atoms with Gasteiger partial charge in [0.15, 0.2) is 0 Å². The number of fused-ring (bicyclic) bond motifs is 1. The molecule has 4 nitrogen and oxygen atoms in total. The van der Waals surface area contributed by atoms with E-state index in [1.807, 2.05) is 30.3 Å². The van der Waals surface area contributed by atoms with Gasteiger partial charge in [-0.2, -0.15) is 8.75 Å². The Bertz CT molecular complexity index is 793. The lowest BCUT2D eigenvalue weighted by Crippen LogP contribution is -2.01. The number of nitrogens with zero attached hydrogens (tertiary/aromatic N) is 2. The molecule has 0 amide bonds. The molecule has 0 radical (unpaired) electrons. The van der Waals surface area contributed by atoms with Crippen molar-refractivity contribution in [3.05, 3.63) is 45.4 Å². The van der Waals surface area contributed by atoms with Gasteiger partial charge in [0.2, 0.25) is 0 Å². The van der Waals surface area contributed by atoms with Gasteiger partial charge in [0.25, 0.3) is 0 Å². The van der Waals surface area contributed by atoms with Crippen LogP contribution in [0.1, 0.15) is 5.56 Å². The number of hydrogen-bond donors (Lipinski definition) is 1. The largest absolute Gasteiger partial charge is 0.496 e. The molecule has 1 heterocycles. The molecule has 0 unspecified atom stereocenters. The van der Waals surface area contributed by atoms with Crippen molar-refractivity contribution >= 4 is 56.0 Å². The fourth-order valence-electron chi connectivity index (χ4n) is 2.01. The van der Waals surface area contributed by atoms with Gasteiger partial charge in [0.1, 0.15) is 16.8 Å². The summed E-state index contributed by atoms with van der Waals surface area (Å²) in [5.41, 5.74) is 3.58. The third-order valence-electron chi connectivity index (χ3n) is 3.06. The molecule has 108 valence electrons. The van der Waals surface area contributed by atoms with Crippen molar-refractivity contribution in [2.45, 2.75) is 6.54 Å². The van der Waals surface area contributed by atoms with Gasteiger partial charge >= 0.3 is 0 Å². The van der Waals surface area contributed by atoms with Gasteiger partial charge < -0.3 is 10.1 Å². The van der Waals surface area contributed by atoms with E-state index in [-0.39, 0.29) is 0 Å². The van der Waals surface area contributed by atoms with Crippen LogP contribution in [0.4, 0.5) is 5.69 Å². The van der Waals surface area contributed by atoms with E-state index >= 15 is 0 Å². The third kappa shape index (κ3) is 2.97. The Labute approximate surface area is 139 Å². The highest BCUT2D eigenvalue weighted by Gasteiger charge is 2.10. The van der Waals surface area contributed by atoms with Crippen LogP contribution >= 0.6 is 39.3 Å². The second-order valence-corrected chi connectivity index (χ2v) is 6.17. The van der Waals surface area contributed by atoms with Gasteiger partial charge in [-0.3, -0.25) is 0 Å². The van der Waals surface area contributed by atoms with Gasteiger partial charge in [-0.1, -0.05) is 17.7 Å². The zero-order chi connectivity index (χ0) is 14.8. The molecule has 0 bridgehead atoms. The molecule has 0 atom stereocenters. The molecule has 21 heavy (non-hydrogen) atoms. The second-order valence-electron chi connectivity index (χ2n) is 4.38. The normalized spacial score (nSPS) is 10.8. The predicted octanol–water partition coefficient (Wildman–Crippen LogP) is 4.73. The van der Waals surface area contributed by atoms with Gasteiger partial charge in [-0.05, 0) is 45.8 Å². The van der Waals surface area contributed by atoms with E-state index in [4.69, 9.17) is 16.3 Å². The zero-order valence-electron chi connectivity index (χ0n) is 11.1.